The lowest BCUT2D eigenvalue weighted by Gasteiger charge is -2.14. The van der Waals surface area contributed by atoms with Gasteiger partial charge in [-0.25, -0.2) is 15.0 Å². The van der Waals surface area contributed by atoms with Crippen LogP contribution in [0.25, 0.3) is 111 Å². The Hall–Kier alpha value is -7.43. The second kappa shape index (κ2) is 12.6. The molecule has 0 aliphatic heterocycles. The Bertz CT molecular complexity index is 3270. The van der Waals surface area contributed by atoms with Crippen LogP contribution in [0.2, 0.25) is 0 Å². The molecule has 0 amide bonds. The number of fused-ring (bicyclic) bond motifs is 6. The van der Waals surface area contributed by atoms with Crippen LogP contribution in [-0.4, -0.2) is 15.0 Å². The summed E-state index contributed by atoms with van der Waals surface area (Å²) in [5.41, 5.74) is 8.85. The minimum absolute atomic E-state index is 0.591. The molecule has 0 fully saturated rings. The summed E-state index contributed by atoms with van der Waals surface area (Å²) in [6, 6.07) is 65.9. The summed E-state index contributed by atoms with van der Waals surface area (Å²) in [6.07, 6.45) is 0. The van der Waals surface area contributed by atoms with Gasteiger partial charge in [0.2, 0.25) is 0 Å². The highest BCUT2D eigenvalue weighted by Crippen LogP contribution is 2.43. The first-order valence-corrected chi connectivity index (χ1v) is 18.5. The zero-order valence-corrected chi connectivity index (χ0v) is 29.6. The zero-order valence-electron chi connectivity index (χ0n) is 29.6. The zero-order chi connectivity index (χ0) is 36.3. The Kier molecular flexibility index (Phi) is 7.14. The highest BCUT2D eigenvalue weighted by Gasteiger charge is 2.22. The van der Waals surface area contributed by atoms with E-state index >= 15 is 0 Å². The van der Waals surface area contributed by atoms with Crippen molar-refractivity contribution in [3.05, 3.63) is 188 Å². The van der Waals surface area contributed by atoms with Crippen LogP contribution < -0.4 is 0 Å². The lowest BCUT2D eigenvalue weighted by molar-refractivity contribution is 0.669. The van der Waals surface area contributed by atoms with Crippen molar-refractivity contribution in [2.45, 2.75) is 0 Å². The molecule has 11 aromatic rings. The number of hydrogen-bond acceptors (Lipinski definition) is 4. The standard InChI is InChI=1S/C51H31N3O/c1-2-10-32(11-3-1)37-20-21-39-31-42(25-22-38(39)28-37)50-52-49(41-24-19-34-13-5-7-15-36(34)30-41)53-51(54-50)48-43(40-23-18-33-12-4-6-14-35(33)29-40)26-27-46-47(48)44-16-8-9-17-45(44)55-46/h1-31H. The van der Waals surface area contributed by atoms with Gasteiger partial charge in [-0.2, -0.15) is 0 Å². The van der Waals surface area contributed by atoms with E-state index in [1.54, 1.807) is 0 Å². The average Bonchev–Trinajstić information content (AvgIpc) is 3.64. The summed E-state index contributed by atoms with van der Waals surface area (Å²) in [7, 11) is 0. The predicted molar refractivity (Wildman–Crippen MR) is 227 cm³/mol. The van der Waals surface area contributed by atoms with Crippen molar-refractivity contribution < 1.29 is 4.42 Å². The first kappa shape index (κ1) is 31.1. The van der Waals surface area contributed by atoms with Crippen molar-refractivity contribution in [1.29, 1.82) is 0 Å². The molecule has 11 rings (SSSR count). The van der Waals surface area contributed by atoms with Crippen LogP contribution in [0.15, 0.2) is 192 Å². The molecule has 0 saturated heterocycles. The van der Waals surface area contributed by atoms with E-state index in [1.807, 2.05) is 18.2 Å². The van der Waals surface area contributed by atoms with E-state index in [1.165, 1.54) is 27.3 Å². The molecule has 0 bridgehead atoms. The van der Waals surface area contributed by atoms with Gasteiger partial charge in [0.1, 0.15) is 11.2 Å². The monoisotopic (exact) mass is 701 g/mol. The molecule has 0 unspecified atom stereocenters. The Labute approximate surface area is 317 Å². The summed E-state index contributed by atoms with van der Waals surface area (Å²) >= 11 is 0. The largest absolute Gasteiger partial charge is 0.456 e. The van der Waals surface area contributed by atoms with Crippen LogP contribution in [0.1, 0.15) is 0 Å². The van der Waals surface area contributed by atoms with Gasteiger partial charge in [-0.15, -0.1) is 0 Å². The maximum atomic E-state index is 6.47. The number of furan rings is 1. The molecule has 2 heterocycles. The smallest absolute Gasteiger partial charge is 0.165 e. The van der Waals surface area contributed by atoms with Crippen LogP contribution in [0.5, 0.6) is 0 Å². The summed E-state index contributed by atoms with van der Waals surface area (Å²) in [4.78, 5) is 15.9. The fraction of sp³-hybridized carbons (Fsp3) is 0. The molecule has 0 spiro atoms. The van der Waals surface area contributed by atoms with Gasteiger partial charge in [0.15, 0.2) is 17.5 Å². The first-order chi connectivity index (χ1) is 27.2. The van der Waals surface area contributed by atoms with Gasteiger partial charge < -0.3 is 4.42 Å². The molecule has 0 N–H and O–H groups in total. The maximum Gasteiger partial charge on any atom is 0.165 e. The van der Waals surface area contributed by atoms with Crippen molar-refractivity contribution in [3.63, 3.8) is 0 Å². The highest BCUT2D eigenvalue weighted by molar-refractivity contribution is 6.15. The molecule has 256 valence electrons. The lowest BCUT2D eigenvalue weighted by atomic mass is 9.93. The fourth-order valence-electron chi connectivity index (χ4n) is 7.92. The van der Waals surface area contributed by atoms with Crippen LogP contribution in [-0.2, 0) is 0 Å². The molecule has 0 aliphatic rings. The highest BCUT2D eigenvalue weighted by atomic mass is 16.3. The molecule has 9 aromatic carbocycles. The van der Waals surface area contributed by atoms with E-state index < -0.39 is 0 Å². The number of hydrogen-bond donors (Lipinski definition) is 0. The SMILES string of the molecule is c1ccc(-c2ccc3cc(-c4nc(-c5ccc6ccccc6c5)nc(-c5c(-c6ccc7ccccc7c6)ccc6oc7ccccc7c56)n4)ccc3c2)cc1. The Morgan fingerprint density at radius 3 is 1.49 bits per heavy atom. The molecule has 0 atom stereocenters. The van der Waals surface area contributed by atoms with Gasteiger partial charge in [-0.1, -0.05) is 146 Å². The van der Waals surface area contributed by atoms with Crippen LogP contribution in [0, 0.1) is 0 Å². The minimum atomic E-state index is 0.591. The van der Waals surface area contributed by atoms with Gasteiger partial charge in [-0.05, 0) is 97.0 Å². The van der Waals surface area contributed by atoms with Crippen molar-refractivity contribution in [2.24, 2.45) is 0 Å². The Morgan fingerprint density at radius 2 is 0.800 bits per heavy atom. The normalized spacial score (nSPS) is 11.6. The van der Waals surface area contributed by atoms with Gasteiger partial charge in [-0.3, -0.25) is 0 Å². The van der Waals surface area contributed by atoms with Crippen LogP contribution in [0.4, 0.5) is 0 Å². The number of rotatable bonds is 5. The van der Waals surface area contributed by atoms with Gasteiger partial charge in [0, 0.05) is 27.5 Å². The quantitative estimate of drug-likeness (QED) is 0.179. The maximum absolute atomic E-state index is 6.47. The van der Waals surface area contributed by atoms with Crippen LogP contribution >= 0.6 is 0 Å². The number of para-hydroxylation sites is 1. The van der Waals surface area contributed by atoms with E-state index in [-0.39, 0.29) is 0 Å². The first-order valence-electron chi connectivity index (χ1n) is 18.5. The molecular weight excluding hydrogens is 671 g/mol. The third-order valence-electron chi connectivity index (χ3n) is 10.7. The van der Waals surface area contributed by atoms with Gasteiger partial charge >= 0.3 is 0 Å². The third kappa shape index (κ3) is 5.43. The second-order valence-corrected chi connectivity index (χ2v) is 14.0. The molecule has 2 aromatic heterocycles. The van der Waals surface area contributed by atoms with E-state index in [2.05, 4.69) is 170 Å². The average molecular weight is 702 g/mol. The van der Waals surface area contributed by atoms with E-state index in [0.717, 1.165) is 65.9 Å². The molecular formula is C51H31N3O. The summed E-state index contributed by atoms with van der Waals surface area (Å²) in [6.45, 7) is 0. The summed E-state index contributed by atoms with van der Waals surface area (Å²) in [5, 5.41) is 8.92. The third-order valence-corrected chi connectivity index (χ3v) is 10.7. The van der Waals surface area contributed by atoms with E-state index in [0.29, 0.717) is 17.5 Å². The summed E-state index contributed by atoms with van der Waals surface area (Å²) < 4.78 is 6.47. The van der Waals surface area contributed by atoms with Gasteiger partial charge in [0.05, 0.1) is 0 Å². The Balaban J connectivity index is 1.17. The van der Waals surface area contributed by atoms with E-state index in [9.17, 15) is 0 Å². The molecule has 4 heteroatoms. The van der Waals surface area contributed by atoms with Crippen molar-refractivity contribution in [1.82, 2.24) is 15.0 Å². The summed E-state index contributed by atoms with van der Waals surface area (Å²) in [5.74, 6) is 1.81. The topological polar surface area (TPSA) is 51.8 Å². The Morgan fingerprint density at radius 1 is 0.309 bits per heavy atom. The molecule has 0 saturated carbocycles. The molecule has 55 heavy (non-hydrogen) atoms. The second-order valence-electron chi connectivity index (χ2n) is 14.0. The van der Waals surface area contributed by atoms with Crippen molar-refractivity contribution in [3.8, 4) is 56.4 Å². The minimum Gasteiger partial charge on any atom is -0.456 e. The fourth-order valence-corrected chi connectivity index (χ4v) is 7.92. The number of aromatic nitrogens is 3. The van der Waals surface area contributed by atoms with Crippen LogP contribution in [0.3, 0.4) is 0 Å². The number of nitrogens with zero attached hydrogens (tertiary/aromatic N) is 3. The predicted octanol–water partition coefficient (Wildman–Crippen LogP) is 13.6. The van der Waals surface area contributed by atoms with E-state index in [4.69, 9.17) is 19.4 Å². The van der Waals surface area contributed by atoms with Gasteiger partial charge in [0.25, 0.3) is 0 Å². The van der Waals surface area contributed by atoms with Crippen molar-refractivity contribution >= 4 is 54.3 Å². The van der Waals surface area contributed by atoms with Crippen molar-refractivity contribution in [2.75, 3.05) is 0 Å². The lowest BCUT2D eigenvalue weighted by Crippen LogP contribution is -2.01. The molecule has 4 nitrogen and oxygen atoms in total. The molecule has 0 aliphatic carbocycles. The molecule has 0 radical (unpaired) electrons. The number of benzene rings is 9.